The van der Waals surface area contributed by atoms with Crippen LogP contribution in [0.4, 0.5) is 5.69 Å². The zero-order chi connectivity index (χ0) is 18.9. The molecular weight excluding hydrogens is 336 g/mol. The number of amides is 2. The van der Waals surface area contributed by atoms with Gasteiger partial charge in [-0.15, -0.1) is 11.8 Å². The number of rotatable bonds is 8. The Morgan fingerprint density at radius 3 is 2.44 bits per heavy atom. The lowest BCUT2D eigenvalue weighted by molar-refractivity contribution is -0.881. The van der Waals surface area contributed by atoms with Gasteiger partial charge in [-0.3, -0.25) is 9.59 Å². The molecule has 0 bridgehead atoms. The van der Waals surface area contributed by atoms with Crippen molar-refractivity contribution in [1.82, 2.24) is 5.32 Å². The molecule has 1 unspecified atom stereocenters. The molecule has 2 amide bonds. The van der Waals surface area contributed by atoms with Gasteiger partial charge in [-0.2, -0.15) is 5.26 Å². The van der Waals surface area contributed by atoms with Crippen LogP contribution in [0, 0.1) is 11.3 Å². The maximum absolute atomic E-state index is 12.3. The van der Waals surface area contributed by atoms with Crippen LogP contribution in [-0.2, 0) is 9.59 Å². The number of nitriles is 1. The van der Waals surface area contributed by atoms with Crippen LogP contribution in [0.25, 0.3) is 0 Å². The highest BCUT2D eigenvalue weighted by atomic mass is 32.2. The Hall–Kier alpha value is -2.04. The van der Waals surface area contributed by atoms with E-state index in [9.17, 15) is 9.59 Å². The van der Waals surface area contributed by atoms with E-state index in [1.165, 1.54) is 11.8 Å². The van der Waals surface area contributed by atoms with Crippen LogP contribution in [0.2, 0.25) is 0 Å². The average Bonchev–Trinajstić information content (AvgIpc) is 2.51. The third-order valence-corrected chi connectivity index (χ3v) is 4.23. The molecule has 0 aliphatic heterocycles. The van der Waals surface area contributed by atoms with Crippen LogP contribution in [0.5, 0.6) is 0 Å². The highest BCUT2D eigenvalue weighted by Gasteiger charge is 2.20. The molecule has 1 aromatic carbocycles. The number of nitrogens with zero attached hydrogens (tertiary/aromatic N) is 1. The van der Waals surface area contributed by atoms with Crippen molar-refractivity contribution in [2.45, 2.75) is 38.1 Å². The maximum Gasteiger partial charge on any atom is 0.279 e. The molecule has 0 spiro atoms. The molecule has 1 aromatic rings. The molecular formula is C18H27N4O2S+. The first-order valence-electron chi connectivity index (χ1n) is 8.28. The van der Waals surface area contributed by atoms with Gasteiger partial charge in [-0.1, -0.05) is 12.1 Å². The largest absolute Gasteiger partial charge is 0.347 e. The summed E-state index contributed by atoms with van der Waals surface area (Å²) in [5.74, 6) is 0.110. The number of thioether (sulfide) groups is 1. The number of nitrogens with one attached hydrogen (secondary N) is 3. The smallest absolute Gasteiger partial charge is 0.279 e. The van der Waals surface area contributed by atoms with Crippen LogP contribution in [-0.4, -0.2) is 42.7 Å². The van der Waals surface area contributed by atoms with Gasteiger partial charge in [0.2, 0.25) is 0 Å². The molecule has 25 heavy (non-hydrogen) atoms. The third-order valence-electron chi connectivity index (χ3n) is 3.29. The van der Waals surface area contributed by atoms with Crippen LogP contribution < -0.4 is 15.5 Å². The quantitative estimate of drug-likeness (QED) is 0.603. The standard InChI is InChI=1S/C18H26N4O2S/c1-5-22(13-17(24)21-18(2,3)4)12-16(23)20-14-8-6-7-9-15(14)25-11-10-19/h6-9H,5,11-13H2,1-4H3,(H,20,23)(H,21,24)/p+1. The Morgan fingerprint density at radius 1 is 1.20 bits per heavy atom. The monoisotopic (exact) mass is 363 g/mol. The number of carbonyl (C=O) groups excluding carboxylic acids is 2. The summed E-state index contributed by atoms with van der Waals surface area (Å²) in [6.07, 6.45) is 0. The van der Waals surface area contributed by atoms with Crippen molar-refractivity contribution in [2.75, 3.05) is 30.7 Å². The molecule has 6 nitrogen and oxygen atoms in total. The van der Waals surface area contributed by atoms with Gasteiger partial charge in [0.15, 0.2) is 13.1 Å². The molecule has 0 radical (unpaired) electrons. The minimum absolute atomic E-state index is 0.0675. The lowest BCUT2D eigenvalue weighted by Gasteiger charge is -2.23. The van der Waals surface area contributed by atoms with Crippen LogP contribution in [0.1, 0.15) is 27.7 Å². The molecule has 3 N–H and O–H groups in total. The molecule has 0 aliphatic rings. The van der Waals surface area contributed by atoms with E-state index in [1.807, 2.05) is 52.0 Å². The van der Waals surface area contributed by atoms with Crippen LogP contribution >= 0.6 is 11.8 Å². The van der Waals surface area contributed by atoms with Gasteiger partial charge in [-0.25, -0.2) is 0 Å². The molecule has 0 saturated carbocycles. The molecule has 0 heterocycles. The fraction of sp³-hybridized carbons (Fsp3) is 0.500. The average molecular weight is 364 g/mol. The highest BCUT2D eigenvalue weighted by molar-refractivity contribution is 7.99. The number of benzene rings is 1. The number of hydrogen-bond donors (Lipinski definition) is 3. The highest BCUT2D eigenvalue weighted by Crippen LogP contribution is 2.26. The molecule has 0 aromatic heterocycles. The minimum Gasteiger partial charge on any atom is -0.347 e. The Balaban J connectivity index is 2.62. The summed E-state index contributed by atoms with van der Waals surface area (Å²) in [4.78, 5) is 26.1. The van der Waals surface area contributed by atoms with E-state index < -0.39 is 0 Å². The maximum atomic E-state index is 12.3. The van der Waals surface area contributed by atoms with Gasteiger partial charge in [-0.05, 0) is 39.8 Å². The molecule has 7 heteroatoms. The molecule has 1 rings (SSSR count). The Kier molecular flexibility index (Phi) is 8.46. The first-order chi connectivity index (χ1) is 11.7. The molecule has 1 atom stereocenters. The summed E-state index contributed by atoms with van der Waals surface area (Å²) >= 11 is 1.38. The van der Waals surface area contributed by atoms with E-state index in [4.69, 9.17) is 5.26 Å². The number of likely N-dealkylation sites (N-methyl/N-ethyl adjacent to an activating group) is 1. The van der Waals surface area contributed by atoms with Crippen LogP contribution in [0.15, 0.2) is 29.2 Å². The number of para-hydroxylation sites is 1. The predicted molar refractivity (Wildman–Crippen MR) is 101 cm³/mol. The fourth-order valence-corrected chi connectivity index (χ4v) is 2.90. The zero-order valence-electron chi connectivity index (χ0n) is 15.3. The molecule has 0 aliphatic carbocycles. The summed E-state index contributed by atoms with van der Waals surface area (Å²) in [7, 11) is 0. The van der Waals surface area contributed by atoms with Crippen molar-refractivity contribution in [3.63, 3.8) is 0 Å². The summed E-state index contributed by atoms with van der Waals surface area (Å²) in [5.41, 5.74) is 0.414. The summed E-state index contributed by atoms with van der Waals surface area (Å²) in [6, 6.07) is 9.48. The van der Waals surface area contributed by atoms with Crippen molar-refractivity contribution in [3.8, 4) is 6.07 Å². The van der Waals surface area contributed by atoms with Gasteiger partial charge >= 0.3 is 0 Å². The SMILES string of the molecule is CC[NH+](CC(=O)Nc1ccccc1SCC#N)CC(=O)NC(C)(C)C. The second kappa shape index (κ2) is 10.1. The van der Waals surface area contributed by atoms with E-state index in [-0.39, 0.29) is 30.4 Å². The van der Waals surface area contributed by atoms with Gasteiger partial charge in [0.1, 0.15) is 0 Å². The number of hydrogen-bond acceptors (Lipinski definition) is 4. The normalized spacial score (nSPS) is 12.1. The zero-order valence-corrected chi connectivity index (χ0v) is 16.1. The van der Waals surface area contributed by atoms with E-state index in [0.717, 1.165) is 9.80 Å². The van der Waals surface area contributed by atoms with Crippen molar-refractivity contribution in [3.05, 3.63) is 24.3 Å². The minimum atomic E-state index is -0.283. The number of carbonyl (C=O) groups is 2. The molecule has 0 saturated heterocycles. The molecule has 0 fully saturated rings. The lowest BCUT2D eigenvalue weighted by atomic mass is 10.1. The van der Waals surface area contributed by atoms with Gasteiger partial charge in [0, 0.05) is 10.4 Å². The van der Waals surface area contributed by atoms with Crippen molar-refractivity contribution < 1.29 is 14.5 Å². The topological polar surface area (TPSA) is 86.4 Å². The second-order valence-corrected chi connectivity index (χ2v) is 7.76. The Labute approximate surface area is 154 Å². The summed E-state index contributed by atoms with van der Waals surface area (Å²) in [5, 5.41) is 14.5. The first-order valence-corrected chi connectivity index (χ1v) is 9.27. The third kappa shape index (κ3) is 8.57. The van der Waals surface area contributed by atoms with E-state index in [0.29, 0.717) is 18.0 Å². The van der Waals surface area contributed by atoms with E-state index >= 15 is 0 Å². The van der Waals surface area contributed by atoms with E-state index in [2.05, 4.69) is 16.7 Å². The van der Waals surface area contributed by atoms with Crippen molar-refractivity contribution in [2.24, 2.45) is 0 Å². The molecule has 136 valence electrons. The summed E-state index contributed by atoms with van der Waals surface area (Å²) < 4.78 is 0. The fourth-order valence-electron chi connectivity index (χ4n) is 2.23. The number of quaternary nitrogens is 1. The van der Waals surface area contributed by atoms with Crippen molar-refractivity contribution >= 4 is 29.3 Å². The van der Waals surface area contributed by atoms with E-state index in [1.54, 1.807) is 0 Å². The lowest BCUT2D eigenvalue weighted by Crippen LogP contribution is -3.14. The second-order valence-electron chi connectivity index (χ2n) is 6.75. The Bertz CT molecular complexity index is 635. The van der Waals surface area contributed by atoms with Crippen molar-refractivity contribution in [1.29, 1.82) is 5.26 Å². The van der Waals surface area contributed by atoms with Crippen LogP contribution in [0.3, 0.4) is 0 Å². The summed E-state index contributed by atoms with van der Waals surface area (Å²) in [6.45, 7) is 8.88. The van der Waals surface area contributed by atoms with Gasteiger partial charge in [0.25, 0.3) is 11.8 Å². The van der Waals surface area contributed by atoms with Gasteiger partial charge in [0.05, 0.1) is 24.1 Å². The predicted octanol–water partition coefficient (Wildman–Crippen LogP) is 1.06. The first kappa shape index (κ1) is 21.0. The Morgan fingerprint density at radius 2 is 1.84 bits per heavy atom. The van der Waals surface area contributed by atoms with Gasteiger partial charge < -0.3 is 15.5 Å². The number of anilines is 1.